The van der Waals surface area contributed by atoms with Gasteiger partial charge in [-0.05, 0) is 48.2 Å². The Labute approximate surface area is 216 Å². The van der Waals surface area contributed by atoms with Gasteiger partial charge in [-0.15, -0.1) is 0 Å². The maximum atomic E-state index is 13.5. The van der Waals surface area contributed by atoms with Gasteiger partial charge in [-0.1, -0.05) is 56.1 Å². The molecule has 2 aromatic rings. The van der Waals surface area contributed by atoms with Crippen LogP contribution in [0.15, 0.2) is 42.5 Å². The number of halogens is 3. The van der Waals surface area contributed by atoms with E-state index in [0.717, 1.165) is 10.6 Å². The lowest BCUT2D eigenvalue weighted by molar-refractivity contribution is -0.140. The van der Waals surface area contributed by atoms with E-state index in [1.807, 2.05) is 13.8 Å². The number of hydrogen-bond donors (Lipinski definition) is 1. The van der Waals surface area contributed by atoms with Gasteiger partial charge in [0.15, 0.2) is 0 Å². The van der Waals surface area contributed by atoms with E-state index in [9.17, 15) is 22.4 Å². The van der Waals surface area contributed by atoms with E-state index in [-0.39, 0.29) is 34.1 Å². The number of anilines is 1. The molecular weight excluding hydrogens is 516 g/mol. The second-order valence-electron chi connectivity index (χ2n) is 8.58. The highest BCUT2D eigenvalue weighted by atomic mass is 35.5. The first-order chi connectivity index (χ1) is 16.3. The Hall–Kier alpha value is -2.36. The lowest BCUT2D eigenvalue weighted by atomic mass is 10.1. The number of sulfonamides is 1. The van der Waals surface area contributed by atoms with E-state index >= 15 is 0 Å². The van der Waals surface area contributed by atoms with Crippen LogP contribution >= 0.6 is 23.2 Å². The summed E-state index contributed by atoms with van der Waals surface area (Å²) in [6.07, 6.45) is 1.27. The Morgan fingerprint density at radius 2 is 1.69 bits per heavy atom. The SMILES string of the molecule is CCC(C(=O)NCC(C)C)N(Cc1ccc(F)cc1)C(=O)CN(c1ccc(Cl)c(Cl)c1)S(C)(=O)=O. The van der Waals surface area contributed by atoms with Crippen LogP contribution in [0.4, 0.5) is 10.1 Å². The first kappa shape index (κ1) is 28.9. The van der Waals surface area contributed by atoms with Crippen LogP contribution in [0.25, 0.3) is 0 Å². The summed E-state index contributed by atoms with van der Waals surface area (Å²) in [4.78, 5) is 27.8. The highest BCUT2D eigenvalue weighted by Crippen LogP contribution is 2.28. The first-order valence-corrected chi connectivity index (χ1v) is 13.7. The van der Waals surface area contributed by atoms with Crippen molar-refractivity contribution in [2.75, 3.05) is 23.7 Å². The maximum Gasteiger partial charge on any atom is 0.244 e. The predicted octanol–water partition coefficient (Wildman–Crippen LogP) is 4.48. The zero-order chi connectivity index (χ0) is 26.3. The third-order valence-corrected chi connectivity index (χ3v) is 7.09. The summed E-state index contributed by atoms with van der Waals surface area (Å²) in [6, 6.07) is 8.93. The molecule has 192 valence electrons. The molecule has 1 atom stereocenters. The monoisotopic (exact) mass is 545 g/mol. The summed E-state index contributed by atoms with van der Waals surface area (Å²) < 4.78 is 39.5. The van der Waals surface area contributed by atoms with Crippen molar-refractivity contribution in [1.29, 1.82) is 0 Å². The Bertz CT molecular complexity index is 1140. The van der Waals surface area contributed by atoms with E-state index in [2.05, 4.69) is 5.32 Å². The summed E-state index contributed by atoms with van der Waals surface area (Å²) >= 11 is 12.0. The van der Waals surface area contributed by atoms with Crippen LogP contribution in [-0.2, 0) is 26.2 Å². The summed E-state index contributed by atoms with van der Waals surface area (Å²) in [7, 11) is -3.89. The molecule has 1 N–H and O–H groups in total. The van der Waals surface area contributed by atoms with Gasteiger partial charge >= 0.3 is 0 Å². The van der Waals surface area contributed by atoms with Crippen LogP contribution in [0.2, 0.25) is 10.0 Å². The largest absolute Gasteiger partial charge is 0.354 e. The van der Waals surface area contributed by atoms with Gasteiger partial charge < -0.3 is 10.2 Å². The number of nitrogens with zero attached hydrogens (tertiary/aromatic N) is 2. The van der Waals surface area contributed by atoms with Crippen molar-refractivity contribution >= 4 is 50.7 Å². The molecule has 0 aromatic heterocycles. The quantitative estimate of drug-likeness (QED) is 0.451. The number of carbonyl (C=O) groups excluding carboxylic acids is 2. The molecule has 0 aliphatic rings. The molecule has 35 heavy (non-hydrogen) atoms. The first-order valence-electron chi connectivity index (χ1n) is 11.1. The van der Waals surface area contributed by atoms with Gasteiger partial charge in [-0.2, -0.15) is 0 Å². The van der Waals surface area contributed by atoms with Crippen LogP contribution in [0, 0.1) is 11.7 Å². The Kier molecular flexibility index (Phi) is 10.4. The van der Waals surface area contributed by atoms with Gasteiger partial charge in [0, 0.05) is 13.1 Å². The number of amides is 2. The molecule has 0 heterocycles. The minimum Gasteiger partial charge on any atom is -0.354 e. The fourth-order valence-corrected chi connectivity index (χ4v) is 4.52. The average Bonchev–Trinajstić information content (AvgIpc) is 2.78. The van der Waals surface area contributed by atoms with Crippen molar-refractivity contribution in [1.82, 2.24) is 10.2 Å². The van der Waals surface area contributed by atoms with Gasteiger partial charge in [-0.25, -0.2) is 12.8 Å². The molecule has 0 radical (unpaired) electrons. The number of carbonyl (C=O) groups is 2. The average molecular weight is 546 g/mol. The van der Waals surface area contributed by atoms with Crippen LogP contribution in [0.3, 0.4) is 0 Å². The van der Waals surface area contributed by atoms with Crippen molar-refractivity contribution in [2.45, 2.75) is 39.8 Å². The molecule has 0 bridgehead atoms. The molecule has 7 nitrogen and oxygen atoms in total. The van der Waals surface area contributed by atoms with Crippen molar-refractivity contribution in [3.63, 3.8) is 0 Å². The van der Waals surface area contributed by atoms with Crippen molar-refractivity contribution in [3.8, 4) is 0 Å². The van der Waals surface area contributed by atoms with E-state index in [0.29, 0.717) is 18.5 Å². The Morgan fingerprint density at radius 3 is 2.20 bits per heavy atom. The molecule has 1 unspecified atom stereocenters. The predicted molar refractivity (Wildman–Crippen MR) is 138 cm³/mol. The van der Waals surface area contributed by atoms with Crippen LogP contribution in [-0.4, -0.2) is 50.5 Å². The van der Waals surface area contributed by atoms with E-state index < -0.39 is 34.3 Å². The van der Waals surface area contributed by atoms with Crippen molar-refractivity contribution in [2.24, 2.45) is 5.92 Å². The van der Waals surface area contributed by atoms with Gasteiger partial charge in [-0.3, -0.25) is 13.9 Å². The van der Waals surface area contributed by atoms with E-state index in [4.69, 9.17) is 23.2 Å². The number of nitrogens with one attached hydrogen (secondary N) is 1. The summed E-state index contributed by atoms with van der Waals surface area (Å²) in [6.45, 7) is 5.51. The fraction of sp³-hybridized carbons (Fsp3) is 0.417. The molecule has 0 aliphatic heterocycles. The topological polar surface area (TPSA) is 86.8 Å². The second-order valence-corrected chi connectivity index (χ2v) is 11.3. The van der Waals surface area contributed by atoms with Gasteiger partial charge in [0.05, 0.1) is 22.0 Å². The molecule has 0 saturated heterocycles. The van der Waals surface area contributed by atoms with Gasteiger partial charge in [0.25, 0.3) is 0 Å². The molecule has 0 saturated carbocycles. The molecule has 11 heteroatoms. The minimum atomic E-state index is -3.89. The van der Waals surface area contributed by atoms with E-state index in [1.54, 1.807) is 6.92 Å². The standard InChI is InChI=1S/C24H30Cl2FN3O4S/c1-5-22(24(32)28-13-16(2)3)29(14-17-6-8-18(27)9-7-17)23(31)15-30(35(4,33)34)19-10-11-20(25)21(26)12-19/h6-12,16,22H,5,13-15H2,1-4H3,(H,28,32). The number of hydrogen-bond acceptors (Lipinski definition) is 4. The molecule has 0 fully saturated rings. The molecule has 2 aromatic carbocycles. The van der Waals surface area contributed by atoms with Crippen molar-refractivity contribution < 1.29 is 22.4 Å². The highest BCUT2D eigenvalue weighted by Gasteiger charge is 2.31. The van der Waals surface area contributed by atoms with Crippen LogP contribution in [0.1, 0.15) is 32.8 Å². The normalized spacial score (nSPS) is 12.3. The minimum absolute atomic E-state index is 0.00824. The van der Waals surface area contributed by atoms with Crippen LogP contribution in [0.5, 0.6) is 0 Å². The van der Waals surface area contributed by atoms with E-state index in [1.165, 1.54) is 47.4 Å². The van der Waals surface area contributed by atoms with Crippen LogP contribution < -0.4 is 9.62 Å². The fourth-order valence-electron chi connectivity index (χ4n) is 3.38. The maximum absolute atomic E-state index is 13.5. The summed E-state index contributed by atoms with van der Waals surface area (Å²) in [5, 5.41) is 3.20. The zero-order valence-electron chi connectivity index (χ0n) is 20.1. The van der Waals surface area contributed by atoms with Gasteiger partial charge in [0.2, 0.25) is 21.8 Å². The zero-order valence-corrected chi connectivity index (χ0v) is 22.4. The lowest BCUT2D eigenvalue weighted by Crippen LogP contribution is -2.52. The van der Waals surface area contributed by atoms with Crippen molar-refractivity contribution in [3.05, 3.63) is 63.9 Å². The molecule has 2 rings (SSSR count). The smallest absolute Gasteiger partial charge is 0.244 e. The number of benzene rings is 2. The number of rotatable bonds is 11. The molecule has 0 aliphatic carbocycles. The summed E-state index contributed by atoms with van der Waals surface area (Å²) in [5.74, 6) is -1.18. The second kappa shape index (κ2) is 12.6. The lowest BCUT2D eigenvalue weighted by Gasteiger charge is -2.33. The third kappa shape index (κ3) is 8.37. The third-order valence-electron chi connectivity index (χ3n) is 5.21. The summed E-state index contributed by atoms with van der Waals surface area (Å²) in [5.41, 5.74) is 0.754. The van der Waals surface area contributed by atoms with Gasteiger partial charge in [0.1, 0.15) is 18.4 Å². The Balaban J connectivity index is 2.43. The highest BCUT2D eigenvalue weighted by molar-refractivity contribution is 7.92. The molecular formula is C24H30Cl2FN3O4S. The molecule has 2 amide bonds. The molecule has 0 spiro atoms. The Morgan fingerprint density at radius 1 is 1.06 bits per heavy atom.